The maximum Gasteiger partial charge on any atom is 0.309 e. The van der Waals surface area contributed by atoms with Crippen LogP contribution in [0.4, 0.5) is 0 Å². The molecule has 0 aliphatic heterocycles. The zero-order valence-corrected chi connectivity index (χ0v) is 13.5. The lowest BCUT2D eigenvalue weighted by molar-refractivity contribution is -0.139. The van der Waals surface area contributed by atoms with E-state index in [9.17, 15) is 9.59 Å². The Bertz CT molecular complexity index is 732. The molecule has 8 heteroatoms. The summed E-state index contributed by atoms with van der Waals surface area (Å²) in [4.78, 5) is 24.9. The van der Waals surface area contributed by atoms with Gasteiger partial charge in [0.25, 0.3) is 0 Å². The van der Waals surface area contributed by atoms with Crippen molar-refractivity contribution in [2.75, 3.05) is 6.54 Å². The molecule has 0 bridgehead atoms. The van der Waals surface area contributed by atoms with E-state index in [0.29, 0.717) is 5.76 Å². The summed E-state index contributed by atoms with van der Waals surface area (Å²) in [7, 11) is 0. The van der Waals surface area contributed by atoms with Crippen LogP contribution in [0.15, 0.2) is 58.8 Å². The molecular weight excluding hydrogens is 328 g/mol. The third-order valence-electron chi connectivity index (χ3n) is 3.38. The first kappa shape index (κ1) is 16.0. The summed E-state index contributed by atoms with van der Waals surface area (Å²) in [6.07, 6.45) is 5.02. The molecule has 3 rings (SSSR count). The van der Waals surface area contributed by atoms with Crippen LogP contribution < -0.4 is 10.6 Å². The van der Waals surface area contributed by atoms with Crippen molar-refractivity contribution in [2.24, 2.45) is 0 Å². The Morgan fingerprint density at radius 2 is 2.08 bits per heavy atom. The van der Waals surface area contributed by atoms with E-state index in [-0.39, 0.29) is 19.1 Å². The quantitative estimate of drug-likeness (QED) is 0.664. The zero-order chi connectivity index (χ0) is 16.8. The second-order valence-corrected chi connectivity index (χ2v) is 5.97. The third kappa shape index (κ3) is 3.90. The standard InChI is InChI=1S/C16H16N4O3S/c21-15(17-10-12-4-1-8-23-12)16(22)18-11-13(14-5-2-9-24-14)20-7-3-6-19-20/h1-9,13H,10-11H2,(H,17,21)(H,18,22). The van der Waals surface area contributed by atoms with Gasteiger partial charge in [0.05, 0.1) is 12.8 Å². The number of aromatic nitrogens is 2. The largest absolute Gasteiger partial charge is 0.467 e. The van der Waals surface area contributed by atoms with Gasteiger partial charge < -0.3 is 15.1 Å². The number of hydrogen-bond acceptors (Lipinski definition) is 5. The smallest absolute Gasteiger partial charge is 0.309 e. The van der Waals surface area contributed by atoms with Gasteiger partial charge in [-0.25, -0.2) is 0 Å². The lowest BCUT2D eigenvalue weighted by Crippen LogP contribution is -2.41. The molecule has 1 atom stereocenters. The minimum absolute atomic E-state index is 0.151. The van der Waals surface area contributed by atoms with E-state index in [0.717, 1.165) is 4.88 Å². The molecule has 124 valence electrons. The van der Waals surface area contributed by atoms with Gasteiger partial charge in [-0.2, -0.15) is 5.10 Å². The molecule has 24 heavy (non-hydrogen) atoms. The monoisotopic (exact) mass is 344 g/mol. The molecule has 7 nitrogen and oxygen atoms in total. The van der Waals surface area contributed by atoms with Gasteiger partial charge in [0, 0.05) is 23.8 Å². The first-order valence-electron chi connectivity index (χ1n) is 7.35. The molecule has 3 aromatic rings. The summed E-state index contributed by atoms with van der Waals surface area (Å²) >= 11 is 1.57. The van der Waals surface area contributed by atoms with E-state index >= 15 is 0 Å². The number of nitrogens with one attached hydrogen (secondary N) is 2. The highest BCUT2D eigenvalue weighted by Gasteiger charge is 2.19. The van der Waals surface area contributed by atoms with Crippen molar-refractivity contribution in [2.45, 2.75) is 12.6 Å². The normalized spacial score (nSPS) is 11.8. The van der Waals surface area contributed by atoms with E-state index in [4.69, 9.17) is 4.42 Å². The number of hydrogen-bond donors (Lipinski definition) is 2. The molecule has 0 radical (unpaired) electrons. The topological polar surface area (TPSA) is 89.2 Å². The van der Waals surface area contributed by atoms with Crippen LogP contribution in [0, 0.1) is 0 Å². The summed E-state index contributed by atoms with van der Waals surface area (Å²) in [5, 5.41) is 11.4. The van der Waals surface area contributed by atoms with E-state index < -0.39 is 11.8 Å². The van der Waals surface area contributed by atoms with E-state index in [1.165, 1.54) is 6.26 Å². The van der Waals surface area contributed by atoms with Crippen molar-refractivity contribution in [3.05, 3.63) is 65.0 Å². The van der Waals surface area contributed by atoms with Crippen LogP contribution in [0.1, 0.15) is 16.7 Å². The molecule has 0 aliphatic rings. The number of furan rings is 1. The number of rotatable bonds is 6. The summed E-state index contributed by atoms with van der Waals surface area (Å²) in [5.41, 5.74) is 0. The maximum absolute atomic E-state index is 12.0. The SMILES string of the molecule is O=C(NCc1ccco1)C(=O)NCC(c1cccs1)n1cccn1. The first-order chi connectivity index (χ1) is 11.7. The minimum atomic E-state index is -0.697. The second kappa shape index (κ2) is 7.60. The molecule has 0 spiro atoms. The molecule has 2 N–H and O–H groups in total. The molecule has 1 unspecified atom stereocenters. The van der Waals surface area contributed by atoms with Gasteiger partial charge in [-0.1, -0.05) is 6.07 Å². The van der Waals surface area contributed by atoms with Crippen molar-refractivity contribution < 1.29 is 14.0 Å². The van der Waals surface area contributed by atoms with Gasteiger partial charge in [-0.15, -0.1) is 11.3 Å². The predicted molar refractivity (Wildman–Crippen MR) is 88.2 cm³/mol. The van der Waals surface area contributed by atoms with Crippen molar-refractivity contribution in [3.63, 3.8) is 0 Å². The maximum atomic E-state index is 12.0. The molecule has 0 aromatic carbocycles. The Morgan fingerprint density at radius 1 is 1.21 bits per heavy atom. The number of amides is 2. The molecule has 2 amide bonds. The van der Waals surface area contributed by atoms with Crippen LogP contribution >= 0.6 is 11.3 Å². The van der Waals surface area contributed by atoms with Gasteiger partial charge in [0.15, 0.2) is 0 Å². The molecule has 3 aromatic heterocycles. The fourth-order valence-corrected chi connectivity index (χ4v) is 3.02. The summed E-state index contributed by atoms with van der Waals surface area (Å²) < 4.78 is 6.86. The van der Waals surface area contributed by atoms with E-state index in [1.807, 2.05) is 29.8 Å². The Balaban J connectivity index is 1.56. The average Bonchev–Trinajstić information content (AvgIpc) is 3.35. The second-order valence-electron chi connectivity index (χ2n) is 4.99. The van der Waals surface area contributed by atoms with Crippen molar-refractivity contribution in [3.8, 4) is 0 Å². The Labute approximate surface area is 142 Å². The van der Waals surface area contributed by atoms with Crippen molar-refractivity contribution >= 4 is 23.2 Å². The molecule has 0 fully saturated rings. The fraction of sp³-hybridized carbons (Fsp3) is 0.188. The lowest BCUT2D eigenvalue weighted by atomic mass is 10.2. The Hall–Kier alpha value is -2.87. The molecule has 3 heterocycles. The van der Waals surface area contributed by atoms with Gasteiger partial charge in [-0.05, 0) is 29.6 Å². The van der Waals surface area contributed by atoms with Gasteiger partial charge in [0.2, 0.25) is 0 Å². The number of nitrogens with zero attached hydrogens (tertiary/aromatic N) is 2. The number of carbonyl (C=O) groups excluding carboxylic acids is 2. The van der Waals surface area contributed by atoms with Crippen LogP contribution in [0.25, 0.3) is 0 Å². The molecule has 0 saturated heterocycles. The van der Waals surface area contributed by atoms with Crippen molar-refractivity contribution in [1.29, 1.82) is 0 Å². The lowest BCUT2D eigenvalue weighted by Gasteiger charge is -2.16. The predicted octanol–water partition coefficient (Wildman–Crippen LogP) is 1.56. The highest BCUT2D eigenvalue weighted by Crippen LogP contribution is 2.21. The highest BCUT2D eigenvalue weighted by atomic mass is 32.1. The van der Waals surface area contributed by atoms with E-state index in [1.54, 1.807) is 34.3 Å². The molecular formula is C16H16N4O3S. The van der Waals surface area contributed by atoms with Crippen LogP contribution in [0.2, 0.25) is 0 Å². The molecule has 0 aliphatic carbocycles. The highest BCUT2D eigenvalue weighted by molar-refractivity contribution is 7.10. The summed E-state index contributed by atoms with van der Waals surface area (Å²) in [6, 6.07) is 9.02. The fourth-order valence-electron chi connectivity index (χ4n) is 2.20. The van der Waals surface area contributed by atoms with Gasteiger partial charge in [0.1, 0.15) is 11.8 Å². The third-order valence-corrected chi connectivity index (χ3v) is 4.35. The number of thiophene rings is 1. The van der Waals surface area contributed by atoms with Gasteiger partial charge in [-0.3, -0.25) is 14.3 Å². The zero-order valence-electron chi connectivity index (χ0n) is 12.7. The van der Waals surface area contributed by atoms with Crippen molar-refractivity contribution in [1.82, 2.24) is 20.4 Å². The Kier molecular flexibility index (Phi) is 5.07. The van der Waals surface area contributed by atoms with Crippen LogP contribution in [0.5, 0.6) is 0 Å². The average molecular weight is 344 g/mol. The van der Waals surface area contributed by atoms with Crippen LogP contribution in [-0.4, -0.2) is 28.1 Å². The number of carbonyl (C=O) groups is 2. The summed E-state index contributed by atoms with van der Waals surface area (Å²) in [6.45, 7) is 0.446. The van der Waals surface area contributed by atoms with Gasteiger partial charge >= 0.3 is 11.8 Å². The summed E-state index contributed by atoms with van der Waals surface area (Å²) in [5.74, 6) is -0.795. The first-order valence-corrected chi connectivity index (χ1v) is 8.23. The van der Waals surface area contributed by atoms with Crippen LogP contribution in [0.3, 0.4) is 0 Å². The van der Waals surface area contributed by atoms with Crippen LogP contribution in [-0.2, 0) is 16.1 Å². The molecule has 0 saturated carbocycles. The Morgan fingerprint density at radius 3 is 2.75 bits per heavy atom. The van der Waals surface area contributed by atoms with E-state index in [2.05, 4.69) is 15.7 Å². The minimum Gasteiger partial charge on any atom is -0.467 e.